The summed E-state index contributed by atoms with van der Waals surface area (Å²) in [5, 5.41) is 3.46. The number of nitrogens with zero attached hydrogens (tertiary/aromatic N) is 2. The van der Waals surface area contributed by atoms with E-state index in [0.29, 0.717) is 16.4 Å². The number of alkyl halides is 1. The first-order chi connectivity index (χ1) is 9.45. The molecule has 2 aromatic rings. The Labute approximate surface area is 128 Å². The van der Waals surface area contributed by atoms with Crippen LogP contribution in [-0.4, -0.2) is 21.5 Å². The van der Waals surface area contributed by atoms with Gasteiger partial charge >= 0.3 is 0 Å². The molecule has 1 N–H and O–H groups in total. The Kier molecular flexibility index (Phi) is 4.55. The molecule has 108 valence electrons. The van der Waals surface area contributed by atoms with Gasteiger partial charge in [-0.3, -0.25) is 4.79 Å². The second-order valence-electron chi connectivity index (χ2n) is 4.98. The highest BCUT2D eigenvalue weighted by atomic mass is 35.5. The van der Waals surface area contributed by atoms with E-state index in [4.69, 9.17) is 23.2 Å². The molecule has 4 nitrogen and oxygen atoms in total. The molecule has 2 rings (SSSR count). The van der Waals surface area contributed by atoms with Crippen molar-refractivity contribution in [1.82, 2.24) is 14.9 Å². The van der Waals surface area contributed by atoms with Crippen LogP contribution in [0.25, 0.3) is 11.0 Å². The van der Waals surface area contributed by atoms with Crippen LogP contribution in [0.15, 0.2) is 18.2 Å². The number of aromatic nitrogens is 2. The predicted molar refractivity (Wildman–Crippen MR) is 82.3 cm³/mol. The molecule has 0 saturated heterocycles. The van der Waals surface area contributed by atoms with Gasteiger partial charge in [0.1, 0.15) is 17.4 Å². The highest BCUT2D eigenvalue weighted by Gasteiger charge is 2.22. The normalized spacial score (nSPS) is 12.9. The fourth-order valence-electron chi connectivity index (χ4n) is 2.18. The summed E-state index contributed by atoms with van der Waals surface area (Å²) >= 11 is 12.1. The molecule has 20 heavy (non-hydrogen) atoms. The molecule has 0 spiro atoms. The maximum absolute atomic E-state index is 12.2. The van der Waals surface area contributed by atoms with Crippen molar-refractivity contribution in [2.75, 3.05) is 0 Å². The molecule has 6 heteroatoms. The number of rotatable bonds is 4. The van der Waals surface area contributed by atoms with Gasteiger partial charge in [-0.2, -0.15) is 0 Å². The van der Waals surface area contributed by atoms with Gasteiger partial charge in [-0.25, -0.2) is 4.98 Å². The van der Waals surface area contributed by atoms with Gasteiger partial charge in [0.05, 0.1) is 16.4 Å². The summed E-state index contributed by atoms with van der Waals surface area (Å²) in [7, 11) is 0. The Morgan fingerprint density at radius 1 is 1.40 bits per heavy atom. The smallest absolute Gasteiger partial charge is 0.243 e. The Hall–Kier alpha value is -1.26. The van der Waals surface area contributed by atoms with Crippen LogP contribution >= 0.6 is 23.2 Å². The number of nitrogens with one attached hydrogen (secondary N) is 1. The molecule has 0 saturated carbocycles. The lowest BCUT2D eigenvalue weighted by Gasteiger charge is -2.18. The number of hydrogen-bond donors (Lipinski definition) is 1. The van der Waals surface area contributed by atoms with Crippen LogP contribution < -0.4 is 5.32 Å². The zero-order valence-corrected chi connectivity index (χ0v) is 13.2. The van der Waals surface area contributed by atoms with Crippen molar-refractivity contribution in [3.8, 4) is 0 Å². The maximum Gasteiger partial charge on any atom is 0.243 e. The Balaban J connectivity index is 2.52. The lowest BCUT2D eigenvalue weighted by molar-refractivity contribution is -0.124. The number of imidazole rings is 1. The molecule has 1 aromatic carbocycles. The number of fused-ring (bicyclic) bond motifs is 1. The van der Waals surface area contributed by atoms with Crippen molar-refractivity contribution in [3.05, 3.63) is 29.0 Å². The number of halogens is 2. The number of para-hydroxylation sites is 1. The molecule has 1 atom stereocenters. The van der Waals surface area contributed by atoms with Crippen LogP contribution in [0.4, 0.5) is 0 Å². The summed E-state index contributed by atoms with van der Waals surface area (Å²) in [6, 6.07) is 5.20. The zero-order valence-electron chi connectivity index (χ0n) is 11.7. The van der Waals surface area contributed by atoms with E-state index in [0.717, 1.165) is 5.52 Å². The largest absolute Gasteiger partial charge is 0.352 e. The van der Waals surface area contributed by atoms with Gasteiger partial charge in [-0.15, -0.1) is 11.6 Å². The molecule has 0 aliphatic rings. The molecule has 0 aliphatic carbocycles. The highest BCUT2D eigenvalue weighted by molar-refractivity contribution is 6.35. The van der Waals surface area contributed by atoms with Crippen molar-refractivity contribution < 1.29 is 4.79 Å². The van der Waals surface area contributed by atoms with Gasteiger partial charge in [0.2, 0.25) is 5.91 Å². The first-order valence-electron chi connectivity index (χ1n) is 6.47. The SMILES string of the molecule is CC(C)NC(=O)C(C)n1c(CCl)nc2c(Cl)cccc21. The number of carbonyl (C=O) groups excluding carboxylic acids is 1. The van der Waals surface area contributed by atoms with E-state index in [1.54, 1.807) is 6.07 Å². The third kappa shape index (κ3) is 2.76. The molecule has 0 bridgehead atoms. The minimum atomic E-state index is -0.394. The van der Waals surface area contributed by atoms with Crippen molar-refractivity contribution in [1.29, 1.82) is 0 Å². The standard InChI is InChI=1S/C14H17Cl2N3O/c1-8(2)17-14(20)9(3)19-11-6-4-5-10(16)13(11)18-12(19)7-15/h4-6,8-9H,7H2,1-3H3,(H,17,20). The lowest BCUT2D eigenvalue weighted by atomic mass is 10.2. The van der Waals surface area contributed by atoms with Crippen molar-refractivity contribution in [2.24, 2.45) is 0 Å². The first-order valence-corrected chi connectivity index (χ1v) is 7.38. The van der Waals surface area contributed by atoms with E-state index < -0.39 is 6.04 Å². The summed E-state index contributed by atoms with van der Waals surface area (Å²) in [6.45, 7) is 5.68. The summed E-state index contributed by atoms with van der Waals surface area (Å²) in [6.07, 6.45) is 0. The van der Waals surface area contributed by atoms with Gasteiger partial charge in [0, 0.05) is 6.04 Å². The fourth-order valence-corrected chi connectivity index (χ4v) is 2.58. The van der Waals surface area contributed by atoms with Crippen LogP contribution in [0.2, 0.25) is 5.02 Å². The van der Waals surface area contributed by atoms with Crippen LogP contribution in [0.3, 0.4) is 0 Å². The molecule has 1 aromatic heterocycles. The van der Waals surface area contributed by atoms with E-state index in [1.807, 2.05) is 37.5 Å². The second-order valence-corrected chi connectivity index (χ2v) is 5.65. The van der Waals surface area contributed by atoms with Crippen LogP contribution in [0, 0.1) is 0 Å². The highest BCUT2D eigenvalue weighted by Crippen LogP contribution is 2.27. The summed E-state index contributed by atoms with van der Waals surface area (Å²) in [5.41, 5.74) is 1.49. The van der Waals surface area contributed by atoms with E-state index >= 15 is 0 Å². The summed E-state index contributed by atoms with van der Waals surface area (Å²) in [5.74, 6) is 0.802. The third-order valence-electron chi connectivity index (χ3n) is 3.06. The molecule has 1 amide bonds. The van der Waals surface area contributed by atoms with E-state index in [9.17, 15) is 4.79 Å². The Morgan fingerprint density at radius 2 is 2.10 bits per heavy atom. The quantitative estimate of drug-likeness (QED) is 0.878. The third-order valence-corrected chi connectivity index (χ3v) is 3.61. The van der Waals surface area contributed by atoms with E-state index in [1.165, 1.54) is 0 Å². The van der Waals surface area contributed by atoms with Crippen LogP contribution in [-0.2, 0) is 10.7 Å². The molecule has 0 aliphatic heterocycles. The Morgan fingerprint density at radius 3 is 2.70 bits per heavy atom. The lowest BCUT2D eigenvalue weighted by Crippen LogP contribution is -2.36. The topological polar surface area (TPSA) is 46.9 Å². The van der Waals surface area contributed by atoms with Crippen molar-refractivity contribution >= 4 is 40.1 Å². The van der Waals surface area contributed by atoms with Crippen LogP contribution in [0.5, 0.6) is 0 Å². The van der Waals surface area contributed by atoms with Crippen molar-refractivity contribution in [2.45, 2.75) is 38.7 Å². The zero-order chi connectivity index (χ0) is 14.9. The number of amides is 1. The first kappa shape index (κ1) is 15.1. The van der Waals surface area contributed by atoms with E-state index in [2.05, 4.69) is 10.3 Å². The molecule has 0 radical (unpaired) electrons. The summed E-state index contributed by atoms with van der Waals surface area (Å²) in [4.78, 5) is 16.6. The molecular formula is C14H17Cl2N3O. The van der Waals surface area contributed by atoms with Gasteiger partial charge in [0.15, 0.2) is 0 Å². The van der Waals surface area contributed by atoms with Gasteiger partial charge in [-0.05, 0) is 32.9 Å². The van der Waals surface area contributed by atoms with E-state index in [-0.39, 0.29) is 17.8 Å². The fraction of sp³-hybridized carbons (Fsp3) is 0.429. The minimum absolute atomic E-state index is 0.0642. The molecule has 1 unspecified atom stereocenters. The van der Waals surface area contributed by atoms with Gasteiger partial charge < -0.3 is 9.88 Å². The number of carbonyl (C=O) groups is 1. The Bertz CT molecular complexity index is 637. The maximum atomic E-state index is 12.2. The molecular weight excluding hydrogens is 297 g/mol. The minimum Gasteiger partial charge on any atom is -0.352 e. The monoisotopic (exact) mass is 313 g/mol. The van der Waals surface area contributed by atoms with Gasteiger partial charge in [-0.1, -0.05) is 17.7 Å². The predicted octanol–water partition coefficient (Wildman–Crippen LogP) is 3.51. The van der Waals surface area contributed by atoms with Gasteiger partial charge in [0.25, 0.3) is 0 Å². The number of hydrogen-bond acceptors (Lipinski definition) is 2. The average Bonchev–Trinajstić information content (AvgIpc) is 2.77. The van der Waals surface area contributed by atoms with Crippen molar-refractivity contribution in [3.63, 3.8) is 0 Å². The van der Waals surface area contributed by atoms with Crippen LogP contribution in [0.1, 0.15) is 32.6 Å². The number of benzene rings is 1. The summed E-state index contributed by atoms with van der Waals surface area (Å²) < 4.78 is 1.84. The average molecular weight is 314 g/mol. The molecule has 1 heterocycles. The second kappa shape index (κ2) is 6.02. The molecule has 0 fully saturated rings.